The lowest BCUT2D eigenvalue weighted by atomic mass is 10.1. The van der Waals surface area contributed by atoms with E-state index in [9.17, 15) is 0 Å². The molecule has 0 bridgehead atoms. The van der Waals surface area contributed by atoms with E-state index in [-0.39, 0.29) is 0 Å². The van der Waals surface area contributed by atoms with Crippen LogP contribution in [0.2, 0.25) is 0 Å². The van der Waals surface area contributed by atoms with E-state index in [1.807, 2.05) is 25.0 Å². The third kappa shape index (κ3) is 2.94. The van der Waals surface area contributed by atoms with E-state index >= 15 is 0 Å². The van der Waals surface area contributed by atoms with Gasteiger partial charge in [-0.1, -0.05) is 11.4 Å². The molecule has 5 nitrogen and oxygen atoms in total. The molecule has 0 radical (unpaired) electrons. The molecule has 6 heteroatoms. The molecule has 0 aliphatic heterocycles. The van der Waals surface area contributed by atoms with Crippen LogP contribution in [0.25, 0.3) is 0 Å². The van der Waals surface area contributed by atoms with Crippen LogP contribution in [-0.4, -0.2) is 26.4 Å². The molecule has 0 spiro atoms. The maximum Gasteiger partial charge on any atom is 0.0800 e. The van der Waals surface area contributed by atoms with E-state index in [1.54, 1.807) is 0 Å². The maximum atomic E-state index is 4.19. The average Bonchev–Trinajstić information content (AvgIpc) is 2.99. The summed E-state index contributed by atoms with van der Waals surface area (Å²) in [6.45, 7) is 2.12. The number of rotatable bonds is 6. The van der Waals surface area contributed by atoms with E-state index in [2.05, 4.69) is 33.1 Å². The standard InChI is InChI=1S/C12H19N5S/c1-4-10-12(18-16-15-10)11(13-2)6-5-9-7-14-17(3)8-9/h7-8,11,13H,4-6H2,1-3H3. The van der Waals surface area contributed by atoms with E-state index in [1.165, 1.54) is 22.0 Å². The highest BCUT2D eigenvalue weighted by Crippen LogP contribution is 2.24. The summed E-state index contributed by atoms with van der Waals surface area (Å²) >= 11 is 1.50. The summed E-state index contributed by atoms with van der Waals surface area (Å²) in [6, 6.07) is 0.333. The van der Waals surface area contributed by atoms with Gasteiger partial charge in [0.15, 0.2) is 0 Å². The van der Waals surface area contributed by atoms with Gasteiger partial charge in [0.25, 0.3) is 0 Å². The van der Waals surface area contributed by atoms with Crippen LogP contribution in [0, 0.1) is 0 Å². The van der Waals surface area contributed by atoms with E-state index in [0.29, 0.717) is 6.04 Å². The molecule has 1 N–H and O–H groups in total. The predicted molar refractivity (Wildman–Crippen MR) is 72.6 cm³/mol. The zero-order chi connectivity index (χ0) is 13.0. The molecule has 2 rings (SSSR count). The Morgan fingerprint density at radius 3 is 2.94 bits per heavy atom. The Kier molecular flexibility index (Phi) is 4.43. The molecule has 0 fully saturated rings. The summed E-state index contributed by atoms with van der Waals surface area (Å²) in [5.41, 5.74) is 2.39. The van der Waals surface area contributed by atoms with Gasteiger partial charge < -0.3 is 5.32 Å². The molecule has 1 atom stereocenters. The second kappa shape index (κ2) is 6.06. The first-order valence-corrected chi connectivity index (χ1v) is 6.97. The van der Waals surface area contributed by atoms with Gasteiger partial charge in [-0.05, 0) is 43.4 Å². The molecule has 0 aromatic carbocycles. The zero-order valence-corrected chi connectivity index (χ0v) is 11.9. The highest BCUT2D eigenvalue weighted by molar-refractivity contribution is 7.05. The number of nitrogens with one attached hydrogen (secondary N) is 1. The van der Waals surface area contributed by atoms with Gasteiger partial charge in [-0.2, -0.15) is 5.10 Å². The molecule has 0 aliphatic carbocycles. The third-order valence-corrected chi connectivity index (χ3v) is 3.95. The summed E-state index contributed by atoms with van der Waals surface area (Å²) in [4.78, 5) is 1.27. The number of aryl methyl sites for hydroxylation is 3. The minimum Gasteiger partial charge on any atom is -0.312 e. The Morgan fingerprint density at radius 2 is 2.33 bits per heavy atom. The van der Waals surface area contributed by atoms with Gasteiger partial charge >= 0.3 is 0 Å². The third-order valence-electron chi connectivity index (χ3n) is 3.07. The van der Waals surface area contributed by atoms with E-state index < -0.39 is 0 Å². The second-order valence-electron chi connectivity index (χ2n) is 4.34. The first-order chi connectivity index (χ1) is 8.74. The Bertz CT molecular complexity index is 490. The SMILES string of the molecule is CCc1nnsc1C(CCc1cnn(C)c1)NC. The molecule has 0 saturated heterocycles. The number of nitrogens with zero attached hydrogens (tertiary/aromatic N) is 4. The highest BCUT2D eigenvalue weighted by Gasteiger charge is 2.16. The summed E-state index contributed by atoms with van der Waals surface area (Å²) < 4.78 is 5.90. The number of aromatic nitrogens is 4. The van der Waals surface area contributed by atoms with Crippen molar-refractivity contribution in [3.05, 3.63) is 28.5 Å². The molecule has 0 aliphatic rings. The zero-order valence-electron chi connectivity index (χ0n) is 11.1. The van der Waals surface area contributed by atoms with Gasteiger partial charge in [-0.25, -0.2) is 0 Å². The van der Waals surface area contributed by atoms with Crippen molar-refractivity contribution in [3.8, 4) is 0 Å². The number of hydrogen-bond acceptors (Lipinski definition) is 5. The van der Waals surface area contributed by atoms with Crippen LogP contribution in [0.3, 0.4) is 0 Å². The maximum absolute atomic E-state index is 4.19. The van der Waals surface area contributed by atoms with Crippen LogP contribution in [0.1, 0.15) is 35.5 Å². The first-order valence-electron chi connectivity index (χ1n) is 6.20. The molecule has 1 unspecified atom stereocenters. The van der Waals surface area contributed by atoms with E-state index in [0.717, 1.165) is 25.0 Å². The molecular formula is C12H19N5S. The van der Waals surface area contributed by atoms with Crippen molar-refractivity contribution in [1.29, 1.82) is 0 Å². The average molecular weight is 265 g/mol. The quantitative estimate of drug-likeness (QED) is 0.864. The lowest BCUT2D eigenvalue weighted by Gasteiger charge is -2.14. The van der Waals surface area contributed by atoms with Crippen LogP contribution in [0.15, 0.2) is 12.4 Å². The van der Waals surface area contributed by atoms with Crippen LogP contribution in [-0.2, 0) is 19.9 Å². The second-order valence-corrected chi connectivity index (χ2v) is 5.13. The minimum atomic E-state index is 0.333. The van der Waals surface area contributed by atoms with Gasteiger partial charge in [0.05, 0.1) is 16.8 Å². The Balaban J connectivity index is 2.01. The van der Waals surface area contributed by atoms with Gasteiger partial charge in [0, 0.05) is 19.3 Å². The molecule has 2 aromatic heterocycles. The molecule has 2 aromatic rings. The first kappa shape index (κ1) is 13.2. The van der Waals surface area contributed by atoms with Crippen molar-refractivity contribution in [1.82, 2.24) is 24.7 Å². The van der Waals surface area contributed by atoms with Crippen molar-refractivity contribution < 1.29 is 0 Å². The fourth-order valence-electron chi connectivity index (χ4n) is 2.04. The minimum absolute atomic E-state index is 0.333. The van der Waals surface area contributed by atoms with Crippen molar-refractivity contribution in [2.24, 2.45) is 7.05 Å². The van der Waals surface area contributed by atoms with Crippen molar-refractivity contribution in [3.63, 3.8) is 0 Å². The predicted octanol–water partition coefficient (Wildman–Crippen LogP) is 1.73. The van der Waals surface area contributed by atoms with Gasteiger partial charge in [-0.3, -0.25) is 4.68 Å². The van der Waals surface area contributed by atoms with Gasteiger partial charge in [0.2, 0.25) is 0 Å². The smallest absolute Gasteiger partial charge is 0.0800 e. The van der Waals surface area contributed by atoms with Crippen LogP contribution < -0.4 is 5.32 Å². The summed E-state index contributed by atoms with van der Waals surface area (Å²) in [5.74, 6) is 0. The Hall–Kier alpha value is -1.27. The van der Waals surface area contributed by atoms with Crippen molar-refractivity contribution >= 4 is 11.5 Å². The normalized spacial score (nSPS) is 12.8. The summed E-state index contributed by atoms with van der Waals surface area (Å²) in [7, 11) is 3.94. The van der Waals surface area contributed by atoms with Crippen molar-refractivity contribution in [2.75, 3.05) is 7.05 Å². The van der Waals surface area contributed by atoms with Crippen LogP contribution >= 0.6 is 11.5 Å². The summed E-state index contributed by atoms with van der Waals surface area (Å²) in [5, 5.41) is 11.7. The highest BCUT2D eigenvalue weighted by atomic mass is 32.1. The van der Waals surface area contributed by atoms with Gasteiger partial charge in [0.1, 0.15) is 0 Å². The molecule has 0 saturated carbocycles. The Labute approximate surface area is 111 Å². The molecular weight excluding hydrogens is 246 g/mol. The fourth-order valence-corrected chi connectivity index (χ4v) is 2.92. The fraction of sp³-hybridized carbons (Fsp3) is 0.583. The molecule has 2 heterocycles. The largest absolute Gasteiger partial charge is 0.312 e. The summed E-state index contributed by atoms with van der Waals surface area (Å²) in [6.07, 6.45) is 6.99. The lowest BCUT2D eigenvalue weighted by Crippen LogP contribution is -2.17. The van der Waals surface area contributed by atoms with Gasteiger partial charge in [-0.15, -0.1) is 5.10 Å². The monoisotopic (exact) mass is 265 g/mol. The van der Waals surface area contributed by atoms with Crippen LogP contribution in [0.4, 0.5) is 0 Å². The lowest BCUT2D eigenvalue weighted by molar-refractivity contribution is 0.552. The molecule has 0 amide bonds. The van der Waals surface area contributed by atoms with E-state index in [4.69, 9.17) is 0 Å². The van der Waals surface area contributed by atoms with Crippen molar-refractivity contribution in [2.45, 2.75) is 32.2 Å². The molecule has 98 valence electrons. The number of hydrogen-bond donors (Lipinski definition) is 1. The molecule has 18 heavy (non-hydrogen) atoms. The topological polar surface area (TPSA) is 55.6 Å². The Morgan fingerprint density at radius 1 is 1.50 bits per heavy atom. The van der Waals surface area contributed by atoms with Crippen LogP contribution in [0.5, 0.6) is 0 Å².